The number of thiazole rings is 1. The molecule has 0 radical (unpaired) electrons. The molecular formula is C17H12ClF2N3O3S. The van der Waals surface area contributed by atoms with Crippen LogP contribution in [-0.4, -0.2) is 21.8 Å². The van der Waals surface area contributed by atoms with E-state index in [-0.39, 0.29) is 18.8 Å². The third-order valence-corrected chi connectivity index (χ3v) is 4.63. The van der Waals surface area contributed by atoms with Crippen molar-refractivity contribution in [1.82, 2.24) is 15.3 Å². The van der Waals surface area contributed by atoms with E-state index in [1.807, 2.05) is 5.32 Å². The highest BCUT2D eigenvalue weighted by Gasteiger charge is 2.23. The Labute approximate surface area is 161 Å². The molecule has 27 heavy (non-hydrogen) atoms. The van der Waals surface area contributed by atoms with Gasteiger partial charge in [-0.05, 0) is 18.2 Å². The largest absolute Gasteiger partial charge is 0.483 e. The molecule has 0 saturated carbocycles. The van der Waals surface area contributed by atoms with Crippen LogP contribution < -0.4 is 10.1 Å². The molecule has 0 atom stereocenters. The fraction of sp³-hybridized carbons (Fsp3) is 0.176. The molecule has 3 rings (SSSR count). The summed E-state index contributed by atoms with van der Waals surface area (Å²) in [5.41, 5.74) is -0.309. The maximum absolute atomic E-state index is 14.5. The number of pyridine rings is 1. The first-order valence-corrected chi connectivity index (χ1v) is 8.94. The lowest BCUT2D eigenvalue weighted by Gasteiger charge is -2.10. The molecule has 0 aliphatic heterocycles. The molecule has 0 bridgehead atoms. The van der Waals surface area contributed by atoms with Gasteiger partial charge in [-0.15, -0.1) is 0 Å². The Morgan fingerprint density at radius 2 is 2.11 bits per heavy atom. The molecule has 0 unspecified atom stereocenters. The first-order chi connectivity index (χ1) is 12.9. The quantitative estimate of drug-likeness (QED) is 0.689. The minimum Gasteiger partial charge on any atom is -0.483 e. The van der Waals surface area contributed by atoms with E-state index in [1.54, 1.807) is 6.07 Å². The molecule has 1 aromatic carbocycles. The summed E-state index contributed by atoms with van der Waals surface area (Å²) in [6.07, 6.45) is 1.48. The molecule has 1 N–H and O–H groups in total. The zero-order valence-electron chi connectivity index (χ0n) is 13.9. The first kappa shape index (κ1) is 19.1. The molecule has 0 spiro atoms. The van der Waals surface area contributed by atoms with Crippen molar-refractivity contribution in [3.8, 4) is 5.75 Å². The second-order valence-electron chi connectivity index (χ2n) is 5.34. The minimum atomic E-state index is -1.20. The number of carbonyl (C=O) groups excluding carboxylic acids is 2. The van der Waals surface area contributed by atoms with Crippen molar-refractivity contribution >= 4 is 45.1 Å². The molecule has 2 amide bonds. The number of hydrogen-bond acceptors (Lipinski definition) is 6. The van der Waals surface area contributed by atoms with Gasteiger partial charge in [0.1, 0.15) is 33.3 Å². The average Bonchev–Trinajstić information content (AvgIpc) is 3.02. The number of amides is 2. The summed E-state index contributed by atoms with van der Waals surface area (Å²) in [6, 6.07) is 3.59. The third kappa shape index (κ3) is 4.20. The SMILES string of the molecule is CCC(=O)NC(=O)c1c(F)ccc(OCc2nc3cc(Cl)cnc3s2)c1F. The number of benzene rings is 1. The number of aromatic nitrogens is 2. The number of fused-ring (bicyclic) bond motifs is 1. The van der Waals surface area contributed by atoms with Gasteiger partial charge in [0.25, 0.3) is 5.91 Å². The standard InChI is InChI=1S/C17H12ClF2N3O3S/c1-2-12(24)23-16(25)14-9(19)3-4-11(15(14)20)26-7-13-22-10-5-8(18)6-21-17(10)27-13/h3-6H,2,7H2,1H3,(H,23,24,25). The van der Waals surface area contributed by atoms with Crippen LogP contribution in [0.15, 0.2) is 24.4 Å². The highest BCUT2D eigenvalue weighted by molar-refractivity contribution is 7.18. The Morgan fingerprint density at radius 1 is 1.33 bits per heavy atom. The molecule has 10 heteroatoms. The summed E-state index contributed by atoms with van der Waals surface area (Å²) in [6.45, 7) is 1.39. The van der Waals surface area contributed by atoms with E-state index in [2.05, 4.69) is 9.97 Å². The van der Waals surface area contributed by atoms with Crippen molar-refractivity contribution in [1.29, 1.82) is 0 Å². The zero-order valence-corrected chi connectivity index (χ0v) is 15.5. The van der Waals surface area contributed by atoms with Crippen molar-refractivity contribution in [2.45, 2.75) is 20.0 Å². The van der Waals surface area contributed by atoms with Crippen LogP contribution in [0.3, 0.4) is 0 Å². The van der Waals surface area contributed by atoms with Crippen molar-refractivity contribution in [3.05, 3.63) is 51.6 Å². The predicted octanol–water partition coefficient (Wildman–Crippen LogP) is 3.87. The molecule has 3 aromatic rings. The first-order valence-electron chi connectivity index (χ1n) is 7.75. The Bertz CT molecular complexity index is 1040. The summed E-state index contributed by atoms with van der Waals surface area (Å²) in [5, 5.41) is 2.84. The Kier molecular flexibility index (Phi) is 5.62. The summed E-state index contributed by atoms with van der Waals surface area (Å²) in [5.74, 6) is -4.44. The monoisotopic (exact) mass is 411 g/mol. The Balaban J connectivity index is 1.81. The number of nitrogens with one attached hydrogen (secondary N) is 1. The molecule has 2 heterocycles. The number of ether oxygens (including phenoxy) is 1. The summed E-state index contributed by atoms with van der Waals surface area (Å²) < 4.78 is 33.7. The van der Waals surface area contributed by atoms with Gasteiger partial charge in [0, 0.05) is 12.6 Å². The number of rotatable bonds is 5. The van der Waals surface area contributed by atoms with E-state index >= 15 is 0 Å². The summed E-state index contributed by atoms with van der Waals surface area (Å²) in [4.78, 5) is 32.2. The normalized spacial score (nSPS) is 10.8. The minimum absolute atomic E-state index is 0.000821. The number of hydrogen-bond donors (Lipinski definition) is 1. The lowest BCUT2D eigenvalue weighted by molar-refractivity contribution is -0.119. The van der Waals surface area contributed by atoms with Crippen molar-refractivity contribution in [3.63, 3.8) is 0 Å². The number of halogens is 3. The van der Waals surface area contributed by atoms with Crippen LogP contribution in [0.5, 0.6) is 5.75 Å². The van der Waals surface area contributed by atoms with E-state index < -0.39 is 29.0 Å². The van der Waals surface area contributed by atoms with Gasteiger partial charge >= 0.3 is 0 Å². The van der Waals surface area contributed by atoms with E-state index in [1.165, 1.54) is 24.5 Å². The van der Waals surface area contributed by atoms with Crippen molar-refractivity contribution < 1.29 is 23.1 Å². The van der Waals surface area contributed by atoms with Gasteiger partial charge in [0.15, 0.2) is 11.6 Å². The summed E-state index contributed by atoms with van der Waals surface area (Å²) >= 11 is 7.08. The van der Waals surface area contributed by atoms with Crippen molar-refractivity contribution in [2.24, 2.45) is 0 Å². The van der Waals surface area contributed by atoms with Gasteiger partial charge in [-0.1, -0.05) is 29.9 Å². The van der Waals surface area contributed by atoms with E-state index in [4.69, 9.17) is 16.3 Å². The smallest absolute Gasteiger partial charge is 0.263 e. The Morgan fingerprint density at radius 3 is 2.85 bits per heavy atom. The average molecular weight is 412 g/mol. The van der Waals surface area contributed by atoms with Crippen LogP contribution in [0.1, 0.15) is 28.7 Å². The van der Waals surface area contributed by atoms with Crippen LogP contribution in [0.25, 0.3) is 10.3 Å². The Hall–Kier alpha value is -2.65. The topological polar surface area (TPSA) is 81.2 Å². The van der Waals surface area contributed by atoms with Crippen LogP contribution in [0, 0.1) is 11.6 Å². The lowest BCUT2D eigenvalue weighted by atomic mass is 10.1. The highest BCUT2D eigenvalue weighted by atomic mass is 35.5. The summed E-state index contributed by atoms with van der Waals surface area (Å²) in [7, 11) is 0. The number of carbonyl (C=O) groups is 2. The van der Waals surface area contributed by atoms with Crippen LogP contribution in [-0.2, 0) is 11.4 Å². The maximum Gasteiger partial charge on any atom is 0.263 e. The maximum atomic E-state index is 14.5. The van der Waals surface area contributed by atoms with E-state index in [0.717, 1.165) is 12.1 Å². The third-order valence-electron chi connectivity index (χ3n) is 3.47. The van der Waals surface area contributed by atoms with Crippen molar-refractivity contribution in [2.75, 3.05) is 0 Å². The highest BCUT2D eigenvalue weighted by Crippen LogP contribution is 2.27. The fourth-order valence-corrected chi connectivity index (χ4v) is 3.13. The van der Waals surface area contributed by atoms with Crippen LogP contribution >= 0.6 is 22.9 Å². The second-order valence-corrected chi connectivity index (χ2v) is 6.84. The van der Waals surface area contributed by atoms with Gasteiger partial charge in [-0.25, -0.2) is 18.7 Å². The molecule has 0 aliphatic carbocycles. The van der Waals surface area contributed by atoms with Gasteiger partial charge in [-0.3, -0.25) is 14.9 Å². The molecule has 0 saturated heterocycles. The molecule has 6 nitrogen and oxygen atoms in total. The zero-order chi connectivity index (χ0) is 19.6. The predicted molar refractivity (Wildman–Crippen MR) is 95.9 cm³/mol. The molecular weight excluding hydrogens is 400 g/mol. The van der Waals surface area contributed by atoms with Gasteiger partial charge in [0.05, 0.1) is 5.02 Å². The van der Waals surface area contributed by atoms with E-state index in [9.17, 15) is 18.4 Å². The molecule has 0 fully saturated rings. The molecule has 140 valence electrons. The van der Waals surface area contributed by atoms with Gasteiger partial charge in [0.2, 0.25) is 5.91 Å². The second kappa shape index (κ2) is 7.93. The fourth-order valence-electron chi connectivity index (χ4n) is 2.18. The van der Waals surface area contributed by atoms with Gasteiger partial charge in [-0.2, -0.15) is 0 Å². The van der Waals surface area contributed by atoms with E-state index in [0.29, 0.717) is 20.4 Å². The lowest BCUT2D eigenvalue weighted by Crippen LogP contribution is -2.31. The number of imide groups is 1. The molecule has 0 aliphatic rings. The van der Waals surface area contributed by atoms with Gasteiger partial charge < -0.3 is 4.74 Å². The van der Waals surface area contributed by atoms with Crippen LogP contribution in [0.2, 0.25) is 5.02 Å². The molecule has 2 aromatic heterocycles. The van der Waals surface area contributed by atoms with Crippen LogP contribution in [0.4, 0.5) is 8.78 Å². The number of nitrogens with zero attached hydrogens (tertiary/aromatic N) is 2.